The van der Waals surface area contributed by atoms with Crippen LogP contribution in [0.25, 0.3) is 0 Å². The zero-order valence-electron chi connectivity index (χ0n) is 10.3. The SMILES string of the molecule is CCc1ccsc1CNc1c(C)cccc1N. The Labute approximate surface area is 106 Å². The van der Waals surface area contributed by atoms with Gasteiger partial charge in [0.2, 0.25) is 0 Å². The zero-order valence-corrected chi connectivity index (χ0v) is 11.1. The molecule has 3 N–H and O–H groups in total. The third-order valence-electron chi connectivity index (χ3n) is 2.95. The van der Waals surface area contributed by atoms with E-state index >= 15 is 0 Å². The maximum Gasteiger partial charge on any atom is 0.0606 e. The molecule has 0 unspecified atom stereocenters. The minimum Gasteiger partial charge on any atom is -0.397 e. The van der Waals surface area contributed by atoms with E-state index in [0.717, 1.165) is 24.3 Å². The summed E-state index contributed by atoms with van der Waals surface area (Å²) in [4.78, 5) is 1.40. The van der Waals surface area contributed by atoms with Crippen molar-refractivity contribution in [3.8, 4) is 0 Å². The van der Waals surface area contributed by atoms with E-state index in [1.807, 2.05) is 12.1 Å². The number of anilines is 2. The van der Waals surface area contributed by atoms with Crippen molar-refractivity contribution in [2.45, 2.75) is 26.8 Å². The van der Waals surface area contributed by atoms with Crippen molar-refractivity contribution in [2.75, 3.05) is 11.1 Å². The third kappa shape index (κ3) is 2.61. The van der Waals surface area contributed by atoms with Crippen molar-refractivity contribution in [3.63, 3.8) is 0 Å². The van der Waals surface area contributed by atoms with Gasteiger partial charge in [-0.25, -0.2) is 0 Å². The molecule has 0 aliphatic heterocycles. The first-order chi connectivity index (χ1) is 8.22. The highest BCUT2D eigenvalue weighted by molar-refractivity contribution is 7.10. The predicted molar refractivity (Wildman–Crippen MR) is 76.6 cm³/mol. The molecule has 0 aliphatic rings. The Morgan fingerprint density at radius 2 is 2.12 bits per heavy atom. The van der Waals surface area contributed by atoms with Gasteiger partial charge in [-0.2, -0.15) is 0 Å². The maximum atomic E-state index is 5.97. The van der Waals surface area contributed by atoms with E-state index in [1.165, 1.54) is 16.0 Å². The Kier molecular flexibility index (Phi) is 3.69. The molecule has 90 valence electrons. The number of benzene rings is 1. The van der Waals surface area contributed by atoms with Gasteiger partial charge < -0.3 is 11.1 Å². The molecule has 17 heavy (non-hydrogen) atoms. The maximum absolute atomic E-state index is 5.97. The molecule has 2 rings (SSSR count). The van der Waals surface area contributed by atoms with Crippen LogP contribution in [-0.4, -0.2) is 0 Å². The van der Waals surface area contributed by atoms with E-state index in [-0.39, 0.29) is 0 Å². The minimum atomic E-state index is 0.819. The molecular formula is C14H18N2S. The quantitative estimate of drug-likeness (QED) is 0.805. The van der Waals surface area contributed by atoms with Gasteiger partial charge in [-0.1, -0.05) is 19.1 Å². The van der Waals surface area contributed by atoms with Crippen molar-refractivity contribution in [3.05, 3.63) is 45.6 Å². The van der Waals surface area contributed by atoms with Crippen molar-refractivity contribution in [2.24, 2.45) is 0 Å². The van der Waals surface area contributed by atoms with Crippen LogP contribution in [0.4, 0.5) is 11.4 Å². The molecule has 0 bridgehead atoms. The number of para-hydroxylation sites is 1. The standard InChI is InChI=1S/C14H18N2S/c1-3-11-7-8-17-13(11)9-16-14-10(2)5-4-6-12(14)15/h4-8,16H,3,9,15H2,1-2H3. The highest BCUT2D eigenvalue weighted by Gasteiger charge is 2.05. The summed E-state index contributed by atoms with van der Waals surface area (Å²) in [6.07, 6.45) is 1.09. The number of nitrogen functional groups attached to an aromatic ring is 1. The Morgan fingerprint density at radius 1 is 1.29 bits per heavy atom. The first kappa shape index (κ1) is 12.0. The normalized spacial score (nSPS) is 10.5. The topological polar surface area (TPSA) is 38.0 Å². The Balaban J connectivity index is 2.13. The second-order valence-corrected chi connectivity index (χ2v) is 5.12. The summed E-state index contributed by atoms with van der Waals surface area (Å²) in [5.74, 6) is 0. The lowest BCUT2D eigenvalue weighted by molar-refractivity contribution is 1.08. The minimum absolute atomic E-state index is 0.819. The molecule has 3 heteroatoms. The fraction of sp³-hybridized carbons (Fsp3) is 0.286. The van der Waals surface area contributed by atoms with Gasteiger partial charge in [0, 0.05) is 11.4 Å². The summed E-state index contributed by atoms with van der Waals surface area (Å²) in [5.41, 5.74) is 10.5. The Bertz CT molecular complexity index is 482. The molecule has 0 fully saturated rings. The van der Waals surface area contributed by atoms with Crippen LogP contribution < -0.4 is 11.1 Å². The Morgan fingerprint density at radius 3 is 2.82 bits per heavy atom. The van der Waals surface area contributed by atoms with Crippen molar-refractivity contribution in [1.29, 1.82) is 0 Å². The molecule has 0 spiro atoms. The van der Waals surface area contributed by atoms with E-state index in [1.54, 1.807) is 11.3 Å². The first-order valence-corrected chi connectivity index (χ1v) is 6.74. The average Bonchev–Trinajstić information content (AvgIpc) is 2.76. The highest BCUT2D eigenvalue weighted by atomic mass is 32.1. The number of hydrogen-bond acceptors (Lipinski definition) is 3. The number of hydrogen-bond donors (Lipinski definition) is 2. The average molecular weight is 246 g/mol. The molecule has 0 saturated carbocycles. The largest absolute Gasteiger partial charge is 0.397 e. The van der Waals surface area contributed by atoms with Gasteiger partial charge in [0.15, 0.2) is 0 Å². The van der Waals surface area contributed by atoms with Crippen molar-refractivity contribution < 1.29 is 0 Å². The molecule has 0 amide bonds. The summed E-state index contributed by atoms with van der Waals surface area (Å²) >= 11 is 1.80. The zero-order chi connectivity index (χ0) is 12.3. The lowest BCUT2D eigenvalue weighted by atomic mass is 10.1. The second-order valence-electron chi connectivity index (χ2n) is 4.12. The number of aryl methyl sites for hydroxylation is 2. The van der Waals surface area contributed by atoms with Gasteiger partial charge in [0.25, 0.3) is 0 Å². The van der Waals surface area contributed by atoms with Crippen molar-refractivity contribution >= 4 is 22.7 Å². The highest BCUT2D eigenvalue weighted by Crippen LogP contribution is 2.25. The number of nitrogens with two attached hydrogens (primary N) is 1. The van der Waals surface area contributed by atoms with E-state index in [0.29, 0.717) is 0 Å². The molecule has 0 saturated heterocycles. The van der Waals surface area contributed by atoms with Crippen molar-refractivity contribution in [1.82, 2.24) is 0 Å². The van der Waals surface area contributed by atoms with Gasteiger partial charge in [0.1, 0.15) is 0 Å². The van der Waals surface area contributed by atoms with Crippen LogP contribution in [0.2, 0.25) is 0 Å². The molecule has 2 aromatic rings. The summed E-state index contributed by atoms with van der Waals surface area (Å²) < 4.78 is 0. The molecule has 1 aromatic carbocycles. The summed E-state index contributed by atoms with van der Waals surface area (Å²) in [6.45, 7) is 5.12. The van der Waals surface area contributed by atoms with Crippen LogP contribution in [-0.2, 0) is 13.0 Å². The summed E-state index contributed by atoms with van der Waals surface area (Å²) in [6, 6.07) is 8.19. The molecule has 1 aromatic heterocycles. The fourth-order valence-corrected chi connectivity index (χ4v) is 2.85. The lowest BCUT2D eigenvalue weighted by Crippen LogP contribution is -2.04. The van der Waals surface area contributed by atoms with E-state index in [4.69, 9.17) is 5.73 Å². The van der Waals surface area contributed by atoms with Crippen LogP contribution >= 0.6 is 11.3 Å². The molecule has 0 radical (unpaired) electrons. The summed E-state index contributed by atoms with van der Waals surface area (Å²) in [7, 11) is 0. The van der Waals surface area contributed by atoms with Crippen LogP contribution in [0.5, 0.6) is 0 Å². The number of rotatable bonds is 4. The lowest BCUT2D eigenvalue weighted by Gasteiger charge is -2.12. The third-order valence-corrected chi connectivity index (χ3v) is 3.91. The number of thiophene rings is 1. The second kappa shape index (κ2) is 5.23. The first-order valence-electron chi connectivity index (χ1n) is 5.86. The van der Waals surface area contributed by atoms with Gasteiger partial charge in [0.05, 0.1) is 11.4 Å². The van der Waals surface area contributed by atoms with Gasteiger partial charge in [-0.3, -0.25) is 0 Å². The van der Waals surface area contributed by atoms with E-state index in [2.05, 4.69) is 36.7 Å². The van der Waals surface area contributed by atoms with Gasteiger partial charge >= 0.3 is 0 Å². The van der Waals surface area contributed by atoms with Gasteiger partial charge in [-0.05, 0) is 42.0 Å². The van der Waals surface area contributed by atoms with E-state index in [9.17, 15) is 0 Å². The monoisotopic (exact) mass is 246 g/mol. The molecule has 0 aliphatic carbocycles. The predicted octanol–water partition coefficient (Wildman–Crippen LogP) is 3.81. The van der Waals surface area contributed by atoms with E-state index < -0.39 is 0 Å². The molecule has 1 heterocycles. The van der Waals surface area contributed by atoms with Gasteiger partial charge in [-0.15, -0.1) is 11.3 Å². The van der Waals surface area contributed by atoms with Crippen LogP contribution in [0, 0.1) is 6.92 Å². The molecule has 2 nitrogen and oxygen atoms in total. The van der Waals surface area contributed by atoms with Crippen LogP contribution in [0.1, 0.15) is 22.9 Å². The smallest absolute Gasteiger partial charge is 0.0606 e. The Hall–Kier alpha value is -1.48. The van der Waals surface area contributed by atoms with Crippen LogP contribution in [0.15, 0.2) is 29.6 Å². The molecule has 0 atom stereocenters. The summed E-state index contributed by atoms with van der Waals surface area (Å²) in [5, 5.41) is 5.59. The van der Waals surface area contributed by atoms with Crippen LogP contribution in [0.3, 0.4) is 0 Å². The number of nitrogens with one attached hydrogen (secondary N) is 1. The fourth-order valence-electron chi connectivity index (χ4n) is 1.94. The molecular weight excluding hydrogens is 228 g/mol.